The van der Waals surface area contributed by atoms with Crippen molar-refractivity contribution in [2.75, 3.05) is 17.7 Å². The fourth-order valence-corrected chi connectivity index (χ4v) is 1.70. The van der Waals surface area contributed by atoms with Gasteiger partial charge in [0, 0.05) is 12.6 Å². The number of aromatic nitrogens is 3. The zero-order valence-corrected chi connectivity index (χ0v) is 10.4. The Morgan fingerprint density at radius 3 is 2.65 bits per heavy atom. The van der Waals surface area contributed by atoms with Gasteiger partial charge in [-0.05, 0) is 13.8 Å². The van der Waals surface area contributed by atoms with Gasteiger partial charge in [0.2, 0.25) is 16.0 Å². The van der Waals surface area contributed by atoms with E-state index in [2.05, 4.69) is 26.0 Å². The molecule has 0 aliphatic carbocycles. The van der Waals surface area contributed by atoms with E-state index in [1.165, 1.54) is 11.3 Å². The van der Waals surface area contributed by atoms with E-state index >= 15 is 0 Å². The Hall–Kier alpha value is -1.96. The molecule has 0 aliphatic heterocycles. The summed E-state index contributed by atoms with van der Waals surface area (Å²) in [7, 11) is 1.71. The Morgan fingerprint density at radius 2 is 2.12 bits per heavy atom. The molecule has 17 heavy (non-hydrogen) atoms. The van der Waals surface area contributed by atoms with E-state index in [-0.39, 0.29) is 10.9 Å². The monoisotopic (exact) mass is 253 g/mol. The zero-order valence-electron chi connectivity index (χ0n) is 9.57. The number of hydrogen-bond donors (Lipinski definition) is 2. The third-order valence-corrected chi connectivity index (χ3v) is 3.16. The highest BCUT2D eigenvalue weighted by atomic mass is 32.1. The maximum Gasteiger partial charge on any atom is 0.289 e. The summed E-state index contributed by atoms with van der Waals surface area (Å²) in [5, 5.41) is 17.5. The van der Waals surface area contributed by atoms with Crippen LogP contribution in [0.2, 0.25) is 0 Å². The average molecular weight is 253 g/mol. The highest BCUT2D eigenvalue weighted by Crippen LogP contribution is 2.20. The molecule has 2 rings (SSSR count). The summed E-state index contributed by atoms with van der Waals surface area (Å²) in [6.07, 6.45) is 0. The second-order valence-electron chi connectivity index (χ2n) is 3.34. The normalized spacial score (nSPS) is 10.3. The zero-order chi connectivity index (χ0) is 12.4. The molecule has 0 atom stereocenters. The SMILES string of the molecule is CNc1nnc(C(=O)Nc2onc(C)c2C)s1. The average Bonchev–Trinajstić information content (AvgIpc) is 2.91. The van der Waals surface area contributed by atoms with Gasteiger partial charge >= 0.3 is 0 Å². The molecule has 0 saturated heterocycles. The maximum absolute atomic E-state index is 11.8. The van der Waals surface area contributed by atoms with Crippen LogP contribution in [0.25, 0.3) is 0 Å². The van der Waals surface area contributed by atoms with Crippen molar-refractivity contribution in [2.45, 2.75) is 13.8 Å². The van der Waals surface area contributed by atoms with Gasteiger partial charge in [0.1, 0.15) is 0 Å². The highest BCUT2D eigenvalue weighted by Gasteiger charge is 2.16. The fourth-order valence-electron chi connectivity index (χ4n) is 1.10. The lowest BCUT2D eigenvalue weighted by atomic mass is 10.3. The minimum Gasteiger partial charge on any atom is -0.363 e. The van der Waals surface area contributed by atoms with Gasteiger partial charge in [-0.2, -0.15) is 0 Å². The molecule has 0 spiro atoms. The third-order valence-electron chi connectivity index (χ3n) is 2.22. The molecule has 90 valence electrons. The van der Waals surface area contributed by atoms with E-state index in [0.717, 1.165) is 11.3 Å². The summed E-state index contributed by atoms with van der Waals surface area (Å²) in [6, 6.07) is 0. The summed E-state index contributed by atoms with van der Waals surface area (Å²) < 4.78 is 4.98. The van der Waals surface area contributed by atoms with Crippen molar-refractivity contribution in [3.05, 3.63) is 16.3 Å². The second kappa shape index (κ2) is 4.50. The van der Waals surface area contributed by atoms with Gasteiger partial charge in [0.15, 0.2) is 0 Å². The predicted octanol–water partition coefficient (Wildman–Crippen LogP) is 1.44. The largest absolute Gasteiger partial charge is 0.363 e. The van der Waals surface area contributed by atoms with E-state index in [4.69, 9.17) is 4.52 Å². The predicted molar refractivity (Wildman–Crippen MR) is 63.4 cm³/mol. The number of carbonyl (C=O) groups is 1. The van der Waals surface area contributed by atoms with Gasteiger partial charge < -0.3 is 9.84 Å². The van der Waals surface area contributed by atoms with Crippen LogP contribution in [-0.4, -0.2) is 28.3 Å². The number of nitrogens with one attached hydrogen (secondary N) is 2. The van der Waals surface area contributed by atoms with Gasteiger partial charge in [0.25, 0.3) is 5.91 Å². The lowest BCUT2D eigenvalue weighted by Gasteiger charge is -1.97. The Labute approximate surface area is 101 Å². The Bertz CT molecular complexity index is 547. The first-order valence-electron chi connectivity index (χ1n) is 4.87. The Kier molecular flexibility index (Phi) is 3.05. The van der Waals surface area contributed by atoms with Crippen LogP contribution in [0.5, 0.6) is 0 Å². The van der Waals surface area contributed by atoms with Crippen LogP contribution in [-0.2, 0) is 0 Å². The first kappa shape index (κ1) is 11.5. The number of rotatable bonds is 3. The number of hydrogen-bond acceptors (Lipinski definition) is 7. The summed E-state index contributed by atoms with van der Waals surface area (Å²) in [6.45, 7) is 3.62. The van der Waals surface area contributed by atoms with Crippen molar-refractivity contribution in [2.24, 2.45) is 0 Å². The minimum atomic E-state index is -0.358. The molecule has 0 aliphatic rings. The molecule has 0 radical (unpaired) electrons. The van der Waals surface area contributed by atoms with Crippen molar-refractivity contribution in [1.29, 1.82) is 0 Å². The molecule has 1 amide bonds. The smallest absolute Gasteiger partial charge is 0.289 e. The first-order valence-corrected chi connectivity index (χ1v) is 5.69. The highest BCUT2D eigenvalue weighted by molar-refractivity contribution is 7.17. The third kappa shape index (κ3) is 2.26. The number of nitrogens with zero attached hydrogens (tertiary/aromatic N) is 3. The topological polar surface area (TPSA) is 92.9 Å². The lowest BCUT2D eigenvalue weighted by molar-refractivity contribution is 0.102. The van der Waals surface area contributed by atoms with E-state index in [0.29, 0.717) is 11.0 Å². The van der Waals surface area contributed by atoms with Gasteiger partial charge in [-0.15, -0.1) is 10.2 Å². The number of anilines is 2. The number of aryl methyl sites for hydroxylation is 1. The van der Waals surface area contributed by atoms with Gasteiger partial charge in [-0.3, -0.25) is 10.1 Å². The molecule has 2 aromatic rings. The molecule has 0 aromatic carbocycles. The van der Waals surface area contributed by atoms with Crippen molar-refractivity contribution in [3.8, 4) is 0 Å². The Balaban J connectivity index is 2.14. The Morgan fingerprint density at radius 1 is 1.35 bits per heavy atom. The quantitative estimate of drug-likeness (QED) is 0.859. The van der Waals surface area contributed by atoms with Crippen LogP contribution >= 0.6 is 11.3 Å². The minimum absolute atomic E-state index is 0.266. The maximum atomic E-state index is 11.8. The number of amides is 1. The molecule has 0 unspecified atom stereocenters. The first-order chi connectivity index (χ1) is 8.11. The van der Waals surface area contributed by atoms with Gasteiger partial charge in [0.05, 0.1) is 5.69 Å². The van der Waals surface area contributed by atoms with Crippen LogP contribution in [0.4, 0.5) is 11.0 Å². The molecule has 8 heteroatoms. The van der Waals surface area contributed by atoms with Crippen LogP contribution in [0.15, 0.2) is 4.52 Å². The van der Waals surface area contributed by atoms with Crippen molar-refractivity contribution < 1.29 is 9.32 Å². The van der Waals surface area contributed by atoms with E-state index in [1.807, 2.05) is 6.92 Å². The van der Waals surface area contributed by atoms with Crippen LogP contribution < -0.4 is 10.6 Å². The van der Waals surface area contributed by atoms with Crippen molar-refractivity contribution >= 4 is 28.3 Å². The summed E-state index contributed by atoms with van der Waals surface area (Å²) in [5.74, 6) is -0.0167. The molecule has 0 saturated carbocycles. The van der Waals surface area contributed by atoms with Crippen LogP contribution in [0.1, 0.15) is 21.1 Å². The molecule has 7 nitrogen and oxygen atoms in total. The van der Waals surface area contributed by atoms with Gasteiger partial charge in [-0.1, -0.05) is 16.5 Å². The van der Waals surface area contributed by atoms with Crippen molar-refractivity contribution in [1.82, 2.24) is 15.4 Å². The number of carbonyl (C=O) groups excluding carboxylic acids is 1. The molecular formula is C9H11N5O2S. The summed E-state index contributed by atoms with van der Waals surface area (Å²) in [5.41, 5.74) is 1.55. The van der Waals surface area contributed by atoms with Gasteiger partial charge in [-0.25, -0.2) is 0 Å². The van der Waals surface area contributed by atoms with Crippen LogP contribution in [0.3, 0.4) is 0 Å². The standard InChI is InChI=1S/C9H11N5O2S/c1-4-5(2)14-16-7(4)11-6(15)8-12-13-9(10-3)17-8/h1-3H3,(H,10,13)(H,11,15). The van der Waals surface area contributed by atoms with E-state index in [9.17, 15) is 4.79 Å². The lowest BCUT2D eigenvalue weighted by Crippen LogP contribution is -2.11. The fraction of sp³-hybridized carbons (Fsp3) is 0.333. The molecule has 0 bridgehead atoms. The molecule has 2 heterocycles. The summed E-state index contributed by atoms with van der Waals surface area (Å²) >= 11 is 1.17. The van der Waals surface area contributed by atoms with E-state index < -0.39 is 0 Å². The molecular weight excluding hydrogens is 242 g/mol. The second-order valence-corrected chi connectivity index (χ2v) is 4.32. The molecule has 2 N–H and O–H groups in total. The van der Waals surface area contributed by atoms with Crippen molar-refractivity contribution in [3.63, 3.8) is 0 Å². The molecule has 2 aromatic heterocycles. The van der Waals surface area contributed by atoms with E-state index in [1.54, 1.807) is 14.0 Å². The molecule has 0 fully saturated rings. The summed E-state index contributed by atoms with van der Waals surface area (Å²) in [4.78, 5) is 11.8. The van der Waals surface area contributed by atoms with Crippen LogP contribution in [0, 0.1) is 13.8 Å².